The zero-order chi connectivity index (χ0) is 17.1. The molecule has 0 spiro atoms. The molecular formula is C16H18BrN3O4. The number of anilines is 1. The van der Waals surface area contributed by atoms with Crippen LogP contribution in [0.4, 0.5) is 5.69 Å². The highest BCUT2D eigenvalue weighted by atomic mass is 79.9. The van der Waals surface area contributed by atoms with Gasteiger partial charge in [0.15, 0.2) is 6.61 Å². The quantitative estimate of drug-likeness (QED) is 0.692. The maximum atomic E-state index is 12.0. The minimum Gasteiger partial charge on any atom is -0.455 e. The second-order valence-electron chi connectivity index (χ2n) is 5.95. The van der Waals surface area contributed by atoms with Crippen molar-refractivity contribution in [2.45, 2.75) is 32.1 Å². The average molecular weight is 396 g/mol. The first kappa shape index (κ1) is 16.8. The van der Waals surface area contributed by atoms with Crippen LogP contribution in [0.5, 0.6) is 0 Å². The molecule has 1 aliphatic rings. The van der Waals surface area contributed by atoms with Crippen molar-refractivity contribution in [3.8, 4) is 0 Å². The number of aromatic amines is 2. The van der Waals surface area contributed by atoms with Gasteiger partial charge in [-0.1, -0.05) is 19.3 Å². The highest BCUT2D eigenvalue weighted by molar-refractivity contribution is 9.10. The Balaban J connectivity index is 1.59. The molecule has 1 fully saturated rings. The van der Waals surface area contributed by atoms with Gasteiger partial charge in [-0.15, -0.1) is 0 Å². The van der Waals surface area contributed by atoms with Crippen LogP contribution in [-0.4, -0.2) is 28.5 Å². The predicted octanol–water partition coefficient (Wildman–Crippen LogP) is 2.68. The number of hydrogen-bond donors (Lipinski definition) is 3. The molecule has 8 heteroatoms. The molecule has 1 aliphatic carbocycles. The van der Waals surface area contributed by atoms with E-state index in [0.29, 0.717) is 21.2 Å². The number of fused-ring (bicyclic) bond motifs is 1. The molecule has 3 rings (SSSR count). The number of esters is 1. The van der Waals surface area contributed by atoms with Crippen molar-refractivity contribution >= 4 is 44.5 Å². The van der Waals surface area contributed by atoms with E-state index in [9.17, 15) is 14.4 Å². The van der Waals surface area contributed by atoms with Gasteiger partial charge in [0.2, 0.25) is 0 Å². The molecule has 7 nitrogen and oxygen atoms in total. The first-order valence-corrected chi connectivity index (χ1v) is 8.70. The Labute approximate surface area is 146 Å². The van der Waals surface area contributed by atoms with Gasteiger partial charge in [-0.05, 0) is 40.9 Å². The van der Waals surface area contributed by atoms with Gasteiger partial charge in [0.05, 0.1) is 22.6 Å². The molecule has 0 aliphatic heterocycles. The number of H-pyrrole nitrogens is 2. The summed E-state index contributed by atoms with van der Waals surface area (Å²) >= 11 is 3.34. The molecule has 2 aromatic rings. The first-order valence-electron chi connectivity index (χ1n) is 7.91. The van der Waals surface area contributed by atoms with Crippen molar-refractivity contribution in [3.05, 3.63) is 27.1 Å². The van der Waals surface area contributed by atoms with E-state index in [1.807, 2.05) is 0 Å². The summed E-state index contributed by atoms with van der Waals surface area (Å²) in [5.74, 6) is -0.800. The molecule has 24 heavy (non-hydrogen) atoms. The summed E-state index contributed by atoms with van der Waals surface area (Å²) in [6.45, 7) is -0.316. The lowest BCUT2D eigenvalue weighted by molar-refractivity contribution is -0.152. The number of imidazole rings is 1. The predicted molar refractivity (Wildman–Crippen MR) is 92.8 cm³/mol. The van der Waals surface area contributed by atoms with Gasteiger partial charge in [0.1, 0.15) is 0 Å². The Bertz CT molecular complexity index is 820. The molecule has 1 aromatic heterocycles. The number of carbonyl (C=O) groups is 2. The maximum absolute atomic E-state index is 12.0. The highest BCUT2D eigenvalue weighted by Crippen LogP contribution is 2.27. The number of ether oxygens (including phenoxy) is 1. The van der Waals surface area contributed by atoms with Crippen molar-refractivity contribution in [2.24, 2.45) is 5.92 Å². The monoisotopic (exact) mass is 395 g/mol. The lowest BCUT2D eigenvalue weighted by Crippen LogP contribution is -2.26. The molecule has 1 amide bonds. The second kappa shape index (κ2) is 7.21. The third-order valence-electron chi connectivity index (χ3n) is 4.16. The van der Waals surface area contributed by atoms with Crippen molar-refractivity contribution in [3.63, 3.8) is 0 Å². The zero-order valence-electron chi connectivity index (χ0n) is 13.0. The molecule has 1 saturated carbocycles. The Hall–Kier alpha value is -2.09. The Morgan fingerprint density at radius 3 is 2.54 bits per heavy atom. The number of rotatable bonds is 4. The number of aromatic nitrogens is 2. The zero-order valence-corrected chi connectivity index (χ0v) is 14.6. The smallest absolute Gasteiger partial charge is 0.323 e. The van der Waals surface area contributed by atoms with E-state index in [0.717, 1.165) is 32.1 Å². The lowest BCUT2D eigenvalue weighted by Gasteiger charge is -2.19. The van der Waals surface area contributed by atoms with E-state index in [-0.39, 0.29) is 24.2 Å². The van der Waals surface area contributed by atoms with Crippen LogP contribution in [0.1, 0.15) is 32.1 Å². The van der Waals surface area contributed by atoms with Gasteiger partial charge < -0.3 is 20.0 Å². The highest BCUT2D eigenvalue weighted by Gasteiger charge is 2.23. The molecular weight excluding hydrogens is 378 g/mol. The van der Waals surface area contributed by atoms with Crippen LogP contribution in [0.2, 0.25) is 0 Å². The fraction of sp³-hybridized carbons (Fsp3) is 0.438. The van der Waals surface area contributed by atoms with Gasteiger partial charge in [-0.3, -0.25) is 9.59 Å². The van der Waals surface area contributed by atoms with E-state index in [1.54, 1.807) is 12.1 Å². The maximum Gasteiger partial charge on any atom is 0.323 e. The summed E-state index contributed by atoms with van der Waals surface area (Å²) in [4.78, 5) is 40.5. The topological polar surface area (TPSA) is 104 Å². The number of halogens is 1. The van der Waals surface area contributed by atoms with Crippen LogP contribution in [0.3, 0.4) is 0 Å². The van der Waals surface area contributed by atoms with Crippen LogP contribution in [0.15, 0.2) is 21.4 Å². The summed E-state index contributed by atoms with van der Waals surface area (Å²) in [5.41, 5.74) is 1.39. The Kier molecular flexibility index (Phi) is 5.03. The van der Waals surface area contributed by atoms with Crippen molar-refractivity contribution in [1.29, 1.82) is 0 Å². The summed E-state index contributed by atoms with van der Waals surface area (Å²) in [6.07, 6.45) is 4.90. The molecule has 128 valence electrons. The summed E-state index contributed by atoms with van der Waals surface area (Å²) < 4.78 is 5.74. The largest absolute Gasteiger partial charge is 0.455 e. The average Bonchev–Trinajstić information content (AvgIpc) is 2.92. The summed E-state index contributed by atoms with van der Waals surface area (Å²) in [7, 11) is 0. The van der Waals surface area contributed by atoms with E-state index in [2.05, 4.69) is 31.2 Å². The van der Waals surface area contributed by atoms with Crippen LogP contribution in [0, 0.1) is 5.92 Å². The van der Waals surface area contributed by atoms with Crippen LogP contribution in [-0.2, 0) is 14.3 Å². The van der Waals surface area contributed by atoms with Crippen molar-refractivity contribution < 1.29 is 14.3 Å². The normalized spacial score (nSPS) is 15.4. The number of benzene rings is 1. The molecule has 0 atom stereocenters. The van der Waals surface area contributed by atoms with Crippen LogP contribution in [0.25, 0.3) is 11.0 Å². The number of amides is 1. The molecule has 1 aromatic carbocycles. The third kappa shape index (κ3) is 3.87. The standard InChI is InChI=1S/C16H18BrN3O4/c17-10-6-12-13(20-16(23)19-12)7-11(10)18-14(21)8-24-15(22)9-4-2-1-3-5-9/h6-7,9H,1-5,8H2,(H,18,21)(H2,19,20,23). The minimum atomic E-state index is -0.419. The molecule has 0 saturated heterocycles. The number of nitrogens with one attached hydrogen (secondary N) is 3. The van der Waals surface area contributed by atoms with Crippen LogP contribution < -0.4 is 11.0 Å². The van der Waals surface area contributed by atoms with Crippen molar-refractivity contribution in [1.82, 2.24) is 9.97 Å². The molecule has 0 unspecified atom stereocenters. The van der Waals surface area contributed by atoms with Crippen molar-refractivity contribution in [2.75, 3.05) is 11.9 Å². The summed E-state index contributed by atoms with van der Waals surface area (Å²) in [6, 6.07) is 3.33. The van der Waals surface area contributed by atoms with Gasteiger partial charge in [-0.25, -0.2) is 4.79 Å². The fourth-order valence-electron chi connectivity index (χ4n) is 2.93. The lowest BCUT2D eigenvalue weighted by atomic mass is 9.89. The fourth-order valence-corrected chi connectivity index (χ4v) is 3.37. The Morgan fingerprint density at radius 2 is 1.83 bits per heavy atom. The Morgan fingerprint density at radius 1 is 1.17 bits per heavy atom. The molecule has 1 heterocycles. The minimum absolute atomic E-state index is 0.0837. The molecule has 3 N–H and O–H groups in total. The van der Waals surface area contributed by atoms with Gasteiger partial charge >= 0.3 is 11.7 Å². The molecule has 0 radical (unpaired) electrons. The van der Waals surface area contributed by atoms with Gasteiger partial charge in [-0.2, -0.15) is 0 Å². The SMILES string of the molecule is O=C(COC(=O)C1CCCCC1)Nc1cc2[nH]c(=O)[nH]c2cc1Br. The van der Waals surface area contributed by atoms with E-state index in [1.165, 1.54) is 0 Å². The van der Waals surface area contributed by atoms with Gasteiger partial charge in [0.25, 0.3) is 5.91 Å². The first-order chi connectivity index (χ1) is 11.5. The second-order valence-corrected chi connectivity index (χ2v) is 6.80. The summed E-state index contributed by atoms with van der Waals surface area (Å²) in [5, 5.41) is 2.67. The third-order valence-corrected chi connectivity index (χ3v) is 4.82. The molecule has 0 bridgehead atoms. The van der Waals surface area contributed by atoms with E-state index < -0.39 is 5.91 Å². The van der Waals surface area contributed by atoms with Crippen LogP contribution >= 0.6 is 15.9 Å². The van der Waals surface area contributed by atoms with E-state index >= 15 is 0 Å². The number of hydrogen-bond acceptors (Lipinski definition) is 4. The van der Waals surface area contributed by atoms with E-state index in [4.69, 9.17) is 4.74 Å². The number of carbonyl (C=O) groups excluding carboxylic acids is 2. The van der Waals surface area contributed by atoms with Gasteiger partial charge in [0, 0.05) is 4.47 Å².